The summed E-state index contributed by atoms with van der Waals surface area (Å²) >= 11 is 0. The van der Waals surface area contributed by atoms with Crippen molar-refractivity contribution in [1.82, 2.24) is 0 Å². The molecule has 0 bridgehead atoms. The standard InChI is InChI=1S/C67H125NO8/c1-6-8-10-12-14-16-18-20-22-24-26-27-28-29-30-31-32-33-34-35-36-37-38-39-40-42-44-46-48-50-52-54-56-58-65(70)76-63(62-75-67(66(71)72)73-60-59-68(3,4)5)61-74-64(69)57-55-53-51-49-47-45-43-41-25-23-21-19-17-15-13-11-9-7-2/h18,20,24,26,28-29,63,67H,6-17,19,21-23,25,27,30-62H2,1-5H3/p+1/b20-18-,26-24-,29-28-. The molecule has 0 saturated carbocycles. The van der Waals surface area contributed by atoms with Gasteiger partial charge in [-0.15, -0.1) is 0 Å². The Labute approximate surface area is 470 Å². The molecular weight excluding hydrogens is 947 g/mol. The number of hydrogen-bond donors (Lipinski definition) is 1. The Balaban J connectivity index is 4.07. The zero-order valence-electron chi connectivity index (χ0n) is 50.9. The summed E-state index contributed by atoms with van der Waals surface area (Å²) in [4.78, 5) is 37.5. The van der Waals surface area contributed by atoms with Gasteiger partial charge in [0.15, 0.2) is 6.10 Å². The van der Waals surface area contributed by atoms with E-state index in [0.717, 1.165) is 51.4 Å². The minimum atomic E-state index is -1.51. The molecule has 0 radical (unpaired) electrons. The van der Waals surface area contributed by atoms with Gasteiger partial charge in [-0.05, 0) is 51.4 Å². The van der Waals surface area contributed by atoms with Crippen molar-refractivity contribution in [2.75, 3.05) is 47.5 Å². The van der Waals surface area contributed by atoms with Gasteiger partial charge < -0.3 is 28.5 Å². The van der Waals surface area contributed by atoms with Crippen molar-refractivity contribution >= 4 is 17.9 Å². The molecule has 9 nitrogen and oxygen atoms in total. The molecule has 2 atom stereocenters. The second kappa shape index (κ2) is 58.7. The Hall–Kier alpha value is -2.49. The number of aliphatic carboxylic acids is 1. The largest absolute Gasteiger partial charge is 0.477 e. The van der Waals surface area contributed by atoms with Crippen LogP contribution in [0.4, 0.5) is 0 Å². The number of unbranched alkanes of at least 4 members (excludes halogenated alkanes) is 40. The molecule has 0 aromatic rings. The number of carbonyl (C=O) groups is 3. The molecule has 0 rings (SSSR count). The van der Waals surface area contributed by atoms with Crippen LogP contribution in [0.25, 0.3) is 0 Å². The van der Waals surface area contributed by atoms with E-state index in [9.17, 15) is 19.5 Å². The molecule has 0 aliphatic heterocycles. The second-order valence-electron chi connectivity index (χ2n) is 23.4. The summed E-state index contributed by atoms with van der Waals surface area (Å²) in [6, 6.07) is 0. The number of carboxylic acids is 1. The highest BCUT2D eigenvalue weighted by molar-refractivity contribution is 5.71. The topological polar surface area (TPSA) is 108 Å². The molecule has 0 amide bonds. The Morgan fingerprint density at radius 3 is 1.05 bits per heavy atom. The summed E-state index contributed by atoms with van der Waals surface area (Å²) in [5, 5.41) is 9.72. The number of quaternary nitrogens is 1. The molecule has 0 aliphatic carbocycles. The SMILES string of the molecule is CCCCCCC/C=C\C/C=C\C/C=C\CCCCCCCCCCCCCCCCCCCCC(=O)OC(COC(=O)CCCCCCCCCCCCCCCCCCCC)COC(OCC[N+](C)(C)C)C(=O)O. The van der Waals surface area contributed by atoms with Crippen LogP contribution in [0.3, 0.4) is 0 Å². The lowest BCUT2D eigenvalue weighted by Crippen LogP contribution is -2.40. The average molecular weight is 1070 g/mol. The third-order valence-corrected chi connectivity index (χ3v) is 14.6. The van der Waals surface area contributed by atoms with E-state index in [2.05, 4.69) is 50.3 Å². The predicted molar refractivity (Wildman–Crippen MR) is 323 cm³/mol. The van der Waals surface area contributed by atoms with E-state index < -0.39 is 18.4 Å². The number of carbonyl (C=O) groups excluding carboxylic acids is 2. The average Bonchev–Trinajstić information content (AvgIpc) is 3.39. The van der Waals surface area contributed by atoms with Gasteiger partial charge in [0.05, 0.1) is 34.4 Å². The molecule has 2 unspecified atom stereocenters. The molecular formula is C67H126NO8+. The maximum atomic E-state index is 12.9. The third kappa shape index (κ3) is 59.2. The predicted octanol–water partition coefficient (Wildman–Crippen LogP) is 19.6. The van der Waals surface area contributed by atoms with E-state index in [-0.39, 0.29) is 38.2 Å². The number of carboxylic acid groups (broad SMARTS) is 1. The van der Waals surface area contributed by atoms with Crippen LogP contribution in [0.5, 0.6) is 0 Å². The fourth-order valence-corrected chi connectivity index (χ4v) is 9.61. The minimum absolute atomic E-state index is 0.176. The Bertz CT molecular complexity index is 1340. The first-order chi connectivity index (χ1) is 37.1. The first-order valence-electron chi connectivity index (χ1n) is 32.7. The molecule has 0 spiro atoms. The number of esters is 2. The van der Waals surface area contributed by atoms with Crippen LogP contribution in [0.15, 0.2) is 36.5 Å². The first-order valence-corrected chi connectivity index (χ1v) is 32.7. The van der Waals surface area contributed by atoms with Gasteiger partial charge in [0.2, 0.25) is 0 Å². The molecule has 0 saturated heterocycles. The van der Waals surface area contributed by atoms with Gasteiger partial charge in [-0.3, -0.25) is 9.59 Å². The molecule has 76 heavy (non-hydrogen) atoms. The van der Waals surface area contributed by atoms with Gasteiger partial charge in [-0.2, -0.15) is 0 Å². The summed E-state index contributed by atoms with van der Waals surface area (Å²) in [5.74, 6) is -1.98. The van der Waals surface area contributed by atoms with Crippen LogP contribution in [0, 0.1) is 0 Å². The highest BCUT2D eigenvalue weighted by atomic mass is 16.7. The van der Waals surface area contributed by atoms with E-state index in [1.807, 2.05) is 21.1 Å². The van der Waals surface area contributed by atoms with Crippen molar-refractivity contribution in [2.45, 2.75) is 328 Å². The summed E-state index contributed by atoms with van der Waals surface area (Å²) in [5.41, 5.74) is 0. The lowest BCUT2D eigenvalue weighted by molar-refractivity contribution is -0.870. The van der Waals surface area contributed by atoms with E-state index >= 15 is 0 Å². The van der Waals surface area contributed by atoms with Gasteiger partial charge in [-0.1, -0.05) is 288 Å². The van der Waals surface area contributed by atoms with Crippen LogP contribution in [-0.4, -0.2) is 87.4 Å². The van der Waals surface area contributed by atoms with Gasteiger partial charge in [0, 0.05) is 12.8 Å². The van der Waals surface area contributed by atoms with Gasteiger partial charge in [0.1, 0.15) is 13.2 Å². The van der Waals surface area contributed by atoms with E-state index in [1.54, 1.807) is 0 Å². The fraction of sp³-hybridized carbons (Fsp3) is 0.866. The summed E-state index contributed by atoms with van der Waals surface area (Å²) in [6.45, 7) is 4.92. The summed E-state index contributed by atoms with van der Waals surface area (Å²) in [7, 11) is 5.98. The van der Waals surface area contributed by atoms with Crippen molar-refractivity contribution < 1.29 is 42.9 Å². The van der Waals surface area contributed by atoms with Crippen molar-refractivity contribution in [3.63, 3.8) is 0 Å². The first kappa shape index (κ1) is 73.5. The van der Waals surface area contributed by atoms with Crippen molar-refractivity contribution in [3.8, 4) is 0 Å². The number of ether oxygens (including phenoxy) is 4. The molecule has 0 heterocycles. The Morgan fingerprint density at radius 2 is 0.711 bits per heavy atom. The van der Waals surface area contributed by atoms with Crippen LogP contribution < -0.4 is 0 Å². The second-order valence-corrected chi connectivity index (χ2v) is 23.4. The molecule has 1 N–H and O–H groups in total. The smallest absolute Gasteiger partial charge is 0.361 e. The highest BCUT2D eigenvalue weighted by Crippen LogP contribution is 2.18. The van der Waals surface area contributed by atoms with E-state index in [4.69, 9.17) is 18.9 Å². The zero-order chi connectivity index (χ0) is 55.5. The summed E-state index contributed by atoms with van der Waals surface area (Å²) in [6.07, 6.45) is 69.6. The molecule has 0 aliphatic rings. The van der Waals surface area contributed by atoms with Crippen LogP contribution in [0.2, 0.25) is 0 Å². The number of nitrogens with zero attached hydrogens (tertiary/aromatic N) is 1. The maximum absolute atomic E-state index is 12.9. The Kier molecular flexibility index (Phi) is 56.7. The van der Waals surface area contributed by atoms with E-state index in [0.29, 0.717) is 17.4 Å². The number of likely N-dealkylation sites (N-methyl/N-ethyl adjacent to an activating group) is 1. The van der Waals surface area contributed by atoms with Crippen molar-refractivity contribution in [2.24, 2.45) is 0 Å². The lowest BCUT2D eigenvalue weighted by Gasteiger charge is -2.25. The monoisotopic (exact) mass is 1070 g/mol. The zero-order valence-corrected chi connectivity index (χ0v) is 50.9. The highest BCUT2D eigenvalue weighted by Gasteiger charge is 2.25. The molecule has 0 aromatic carbocycles. The molecule has 446 valence electrons. The third-order valence-electron chi connectivity index (χ3n) is 14.6. The molecule has 9 heteroatoms. The number of allylic oxidation sites excluding steroid dienone is 6. The normalized spacial score (nSPS) is 12.9. The van der Waals surface area contributed by atoms with Gasteiger partial charge >= 0.3 is 17.9 Å². The van der Waals surface area contributed by atoms with E-state index in [1.165, 1.54) is 238 Å². The molecule has 0 aromatic heterocycles. The van der Waals surface area contributed by atoms with Crippen molar-refractivity contribution in [1.29, 1.82) is 0 Å². The molecule has 0 fully saturated rings. The van der Waals surface area contributed by atoms with Gasteiger partial charge in [-0.25, -0.2) is 4.79 Å². The lowest BCUT2D eigenvalue weighted by atomic mass is 10.0. The van der Waals surface area contributed by atoms with Crippen LogP contribution >= 0.6 is 0 Å². The van der Waals surface area contributed by atoms with Crippen molar-refractivity contribution in [3.05, 3.63) is 36.5 Å². The summed E-state index contributed by atoms with van der Waals surface area (Å²) < 4.78 is 22.9. The fourth-order valence-electron chi connectivity index (χ4n) is 9.61. The number of rotatable bonds is 61. The maximum Gasteiger partial charge on any atom is 0.361 e. The van der Waals surface area contributed by atoms with Crippen LogP contribution in [0.1, 0.15) is 316 Å². The quantitative estimate of drug-likeness (QED) is 0.0211. The number of hydrogen-bond acceptors (Lipinski definition) is 7. The van der Waals surface area contributed by atoms with Gasteiger partial charge in [0.25, 0.3) is 6.29 Å². The Morgan fingerprint density at radius 1 is 0.395 bits per heavy atom. The van der Waals surface area contributed by atoms with Crippen LogP contribution in [-0.2, 0) is 33.3 Å². The minimum Gasteiger partial charge on any atom is -0.477 e.